The lowest BCUT2D eigenvalue weighted by atomic mass is 10.1. The Hall–Kier alpha value is -1.39. The van der Waals surface area contributed by atoms with Crippen LogP contribution >= 0.6 is 27.5 Å². The molecule has 0 saturated heterocycles. The van der Waals surface area contributed by atoms with Crippen molar-refractivity contribution in [2.45, 2.75) is 13.0 Å². The van der Waals surface area contributed by atoms with Crippen LogP contribution < -0.4 is 5.32 Å². The first-order valence-corrected chi connectivity index (χ1v) is 6.87. The summed E-state index contributed by atoms with van der Waals surface area (Å²) in [4.78, 5) is 0. The predicted molar refractivity (Wildman–Crippen MR) is 81.0 cm³/mol. The molecule has 0 aliphatic heterocycles. The molecule has 0 aliphatic carbocycles. The summed E-state index contributed by atoms with van der Waals surface area (Å²) in [6.45, 7) is 1.92. The molecule has 1 unspecified atom stereocenters. The Balaban J connectivity index is 2.25. The van der Waals surface area contributed by atoms with Gasteiger partial charge in [0.25, 0.3) is 0 Å². The van der Waals surface area contributed by atoms with Crippen LogP contribution in [0.1, 0.15) is 18.5 Å². The molecule has 2 rings (SSSR count). The maximum absolute atomic E-state index is 9.49. The molecule has 0 saturated carbocycles. The molecule has 0 bridgehead atoms. The molecule has 100 valence electrons. The molecule has 0 amide bonds. The minimum absolute atomic E-state index is 0.0315. The number of phenolic OH excluding ortho intramolecular Hbond substituents is 2. The molecule has 0 fully saturated rings. The Morgan fingerprint density at radius 1 is 1.11 bits per heavy atom. The molecule has 2 aromatic rings. The number of benzene rings is 2. The second-order valence-corrected chi connectivity index (χ2v) is 5.60. The zero-order valence-electron chi connectivity index (χ0n) is 10.2. The van der Waals surface area contributed by atoms with Gasteiger partial charge < -0.3 is 15.5 Å². The van der Waals surface area contributed by atoms with E-state index in [-0.39, 0.29) is 17.5 Å². The van der Waals surface area contributed by atoms with Crippen LogP contribution in [0.5, 0.6) is 11.5 Å². The molecule has 0 radical (unpaired) electrons. The molecule has 3 nitrogen and oxygen atoms in total. The van der Waals surface area contributed by atoms with Crippen molar-refractivity contribution >= 4 is 33.2 Å². The number of aromatic hydroxyl groups is 2. The van der Waals surface area contributed by atoms with Crippen LogP contribution in [0.2, 0.25) is 5.02 Å². The summed E-state index contributed by atoms with van der Waals surface area (Å²) >= 11 is 9.50. The zero-order chi connectivity index (χ0) is 14.0. The Labute approximate surface area is 125 Å². The fourth-order valence-corrected chi connectivity index (χ4v) is 2.33. The molecule has 0 aromatic heterocycles. The van der Waals surface area contributed by atoms with Gasteiger partial charge >= 0.3 is 0 Å². The van der Waals surface area contributed by atoms with Crippen molar-refractivity contribution in [3.05, 3.63) is 51.5 Å². The van der Waals surface area contributed by atoms with Crippen molar-refractivity contribution in [3.63, 3.8) is 0 Å². The van der Waals surface area contributed by atoms with Gasteiger partial charge in [0.2, 0.25) is 0 Å². The van der Waals surface area contributed by atoms with E-state index in [0.29, 0.717) is 5.02 Å². The Morgan fingerprint density at radius 3 is 2.37 bits per heavy atom. The first kappa shape index (κ1) is 14.0. The largest absolute Gasteiger partial charge is 0.508 e. The normalized spacial score (nSPS) is 12.2. The summed E-state index contributed by atoms with van der Waals surface area (Å²) in [5.41, 5.74) is 1.56. The highest BCUT2D eigenvalue weighted by Crippen LogP contribution is 2.31. The van der Waals surface area contributed by atoms with E-state index >= 15 is 0 Å². The van der Waals surface area contributed by atoms with Gasteiger partial charge in [0, 0.05) is 16.6 Å². The summed E-state index contributed by atoms with van der Waals surface area (Å²) in [6, 6.07) is 9.92. The fraction of sp³-hybridized carbons (Fsp3) is 0.143. The second kappa shape index (κ2) is 5.72. The van der Waals surface area contributed by atoms with Gasteiger partial charge in [0.15, 0.2) is 0 Å². The van der Waals surface area contributed by atoms with Gasteiger partial charge in [-0.2, -0.15) is 0 Å². The van der Waals surface area contributed by atoms with Gasteiger partial charge in [-0.25, -0.2) is 0 Å². The minimum atomic E-state index is -0.107. The van der Waals surface area contributed by atoms with E-state index in [0.717, 1.165) is 15.7 Å². The number of anilines is 1. The van der Waals surface area contributed by atoms with Crippen LogP contribution in [0, 0.1) is 0 Å². The van der Waals surface area contributed by atoms with E-state index in [9.17, 15) is 10.2 Å². The predicted octanol–water partition coefficient (Wildman–Crippen LogP) is 4.69. The number of rotatable bonds is 3. The Bertz CT molecular complexity index is 584. The van der Waals surface area contributed by atoms with Gasteiger partial charge in [0.05, 0.1) is 10.7 Å². The van der Waals surface area contributed by atoms with E-state index in [1.165, 1.54) is 6.07 Å². The number of hydrogen-bond donors (Lipinski definition) is 3. The average molecular weight is 343 g/mol. The summed E-state index contributed by atoms with van der Waals surface area (Å²) in [6.07, 6.45) is 0. The van der Waals surface area contributed by atoms with E-state index in [1.807, 2.05) is 19.1 Å². The van der Waals surface area contributed by atoms with Gasteiger partial charge in [-0.15, -0.1) is 0 Å². The van der Waals surface area contributed by atoms with Gasteiger partial charge in [-0.3, -0.25) is 0 Å². The van der Waals surface area contributed by atoms with Crippen molar-refractivity contribution in [1.82, 2.24) is 0 Å². The number of hydrogen-bond acceptors (Lipinski definition) is 3. The molecule has 2 aromatic carbocycles. The van der Waals surface area contributed by atoms with E-state index in [1.54, 1.807) is 18.2 Å². The summed E-state index contributed by atoms with van der Waals surface area (Å²) in [7, 11) is 0. The van der Waals surface area contributed by atoms with Crippen LogP contribution in [-0.2, 0) is 0 Å². The smallest absolute Gasteiger partial charge is 0.119 e. The number of nitrogens with one attached hydrogen (secondary N) is 1. The molecule has 0 aliphatic rings. The van der Waals surface area contributed by atoms with Crippen molar-refractivity contribution in [2.24, 2.45) is 0 Å². The number of halogens is 2. The standard InChI is InChI=1S/C14H13BrClNO2/c1-8(9-4-11(18)7-12(19)5-9)17-14-6-10(15)2-3-13(14)16/h2-8,17-19H,1H3. The van der Waals surface area contributed by atoms with Gasteiger partial charge in [-0.1, -0.05) is 27.5 Å². The molecule has 19 heavy (non-hydrogen) atoms. The van der Waals surface area contributed by atoms with Crippen LogP contribution in [0.3, 0.4) is 0 Å². The first-order valence-electron chi connectivity index (χ1n) is 5.70. The summed E-state index contributed by atoms with van der Waals surface area (Å²) in [5.74, 6) is 0.0629. The molecular formula is C14H13BrClNO2. The maximum Gasteiger partial charge on any atom is 0.119 e. The Morgan fingerprint density at radius 2 is 1.74 bits per heavy atom. The van der Waals surface area contributed by atoms with E-state index in [2.05, 4.69) is 21.2 Å². The number of phenols is 2. The SMILES string of the molecule is CC(Nc1cc(Br)ccc1Cl)c1cc(O)cc(O)c1. The molecule has 3 N–H and O–H groups in total. The highest BCUT2D eigenvalue weighted by Gasteiger charge is 2.10. The summed E-state index contributed by atoms with van der Waals surface area (Å²) in [5, 5.41) is 22.8. The van der Waals surface area contributed by atoms with Crippen LogP contribution in [0.4, 0.5) is 5.69 Å². The topological polar surface area (TPSA) is 52.5 Å². The summed E-state index contributed by atoms with van der Waals surface area (Å²) < 4.78 is 0.922. The van der Waals surface area contributed by atoms with Gasteiger partial charge in [0.1, 0.15) is 11.5 Å². The molecule has 1 atom stereocenters. The van der Waals surface area contributed by atoms with Crippen molar-refractivity contribution in [1.29, 1.82) is 0 Å². The third-order valence-corrected chi connectivity index (χ3v) is 3.55. The van der Waals surface area contributed by atoms with Crippen LogP contribution in [0.25, 0.3) is 0 Å². The van der Waals surface area contributed by atoms with E-state index in [4.69, 9.17) is 11.6 Å². The highest BCUT2D eigenvalue weighted by molar-refractivity contribution is 9.10. The van der Waals surface area contributed by atoms with Crippen molar-refractivity contribution < 1.29 is 10.2 Å². The Kier molecular flexibility index (Phi) is 4.22. The molecular weight excluding hydrogens is 330 g/mol. The lowest BCUT2D eigenvalue weighted by Gasteiger charge is -2.17. The second-order valence-electron chi connectivity index (χ2n) is 4.27. The zero-order valence-corrected chi connectivity index (χ0v) is 12.5. The molecule has 0 spiro atoms. The maximum atomic E-state index is 9.49. The van der Waals surface area contributed by atoms with Gasteiger partial charge in [-0.05, 0) is 42.8 Å². The highest BCUT2D eigenvalue weighted by atomic mass is 79.9. The van der Waals surface area contributed by atoms with E-state index < -0.39 is 0 Å². The van der Waals surface area contributed by atoms with Crippen LogP contribution in [-0.4, -0.2) is 10.2 Å². The van der Waals surface area contributed by atoms with Crippen molar-refractivity contribution in [2.75, 3.05) is 5.32 Å². The third kappa shape index (κ3) is 3.55. The molecule has 5 heteroatoms. The monoisotopic (exact) mass is 341 g/mol. The fourth-order valence-electron chi connectivity index (χ4n) is 1.79. The average Bonchev–Trinajstić information content (AvgIpc) is 2.32. The minimum Gasteiger partial charge on any atom is -0.508 e. The van der Waals surface area contributed by atoms with Crippen molar-refractivity contribution in [3.8, 4) is 11.5 Å². The molecule has 0 heterocycles. The quantitative estimate of drug-likeness (QED) is 0.758. The lowest BCUT2D eigenvalue weighted by Crippen LogP contribution is -2.06. The van der Waals surface area contributed by atoms with Crippen LogP contribution in [0.15, 0.2) is 40.9 Å². The third-order valence-electron chi connectivity index (χ3n) is 2.73. The lowest BCUT2D eigenvalue weighted by molar-refractivity contribution is 0.448. The first-order chi connectivity index (χ1) is 8.95.